The summed E-state index contributed by atoms with van der Waals surface area (Å²) in [5.41, 5.74) is -0.467. The topological polar surface area (TPSA) is 89.8 Å². The van der Waals surface area contributed by atoms with Gasteiger partial charge in [0.2, 0.25) is 0 Å². The van der Waals surface area contributed by atoms with E-state index in [2.05, 4.69) is 0 Å². The standard InChI is InChI=1S/C15H16N2O5S2/c1-22-11-6-7-15(13(10-11)17(18)19)24(20,21)16-8-2-4-12(16)14-5-3-9-23-14/h3,5-7,9-10,12H,2,4,8H2,1H3. The van der Waals surface area contributed by atoms with Crippen LogP contribution < -0.4 is 4.74 Å². The number of rotatable bonds is 5. The van der Waals surface area contributed by atoms with Crippen LogP contribution in [0.25, 0.3) is 0 Å². The molecule has 1 saturated heterocycles. The maximum atomic E-state index is 13.1. The summed E-state index contributed by atoms with van der Waals surface area (Å²) >= 11 is 1.49. The number of nitrogens with zero attached hydrogens (tertiary/aromatic N) is 2. The average molecular weight is 368 g/mol. The Kier molecular flexibility index (Phi) is 4.57. The fourth-order valence-corrected chi connectivity index (χ4v) is 5.66. The Morgan fingerprint density at radius 3 is 2.79 bits per heavy atom. The second-order valence-electron chi connectivity index (χ2n) is 5.38. The van der Waals surface area contributed by atoms with E-state index in [0.29, 0.717) is 13.0 Å². The molecule has 0 amide bonds. The molecule has 0 N–H and O–H groups in total. The zero-order valence-corrected chi connectivity index (χ0v) is 14.5. The smallest absolute Gasteiger partial charge is 0.293 e. The molecule has 1 unspecified atom stereocenters. The number of nitro groups is 1. The number of benzene rings is 1. The number of nitro benzene ring substituents is 1. The lowest BCUT2D eigenvalue weighted by Crippen LogP contribution is -2.30. The number of ether oxygens (including phenoxy) is 1. The van der Waals surface area contributed by atoms with Crippen molar-refractivity contribution in [2.75, 3.05) is 13.7 Å². The maximum absolute atomic E-state index is 13.1. The summed E-state index contributed by atoms with van der Waals surface area (Å²) < 4.78 is 32.4. The van der Waals surface area contributed by atoms with Gasteiger partial charge in [-0.1, -0.05) is 6.07 Å². The molecular weight excluding hydrogens is 352 g/mol. The van der Waals surface area contributed by atoms with E-state index in [0.717, 1.165) is 17.4 Å². The van der Waals surface area contributed by atoms with Crippen molar-refractivity contribution in [3.8, 4) is 5.75 Å². The highest BCUT2D eigenvalue weighted by Crippen LogP contribution is 2.40. The van der Waals surface area contributed by atoms with Crippen LogP contribution in [0.1, 0.15) is 23.8 Å². The Hall–Kier alpha value is -1.97. The van der Waals surface area contributed by atoms with E-state index in [1.807, 2.05) is 17.5 Å². The van der Waals surface area contributed by atoms with E-state index in [4.69, 9.17) is 4.74 Å². The Labute approximate surface area is 143 Å². The minimum Gasteiger partial charge on any atom is -0.497 e. The van der Waals surface area contributed by atoms with Crippen LogP contribution in [0.3, 0.4) is 0 Å². The predicted octanol–water partition coefficient (Wildman–Crippen LogP) is 3.19. The number of sulfonamides is 1. The SMILES string of the molecule is COc1ccc(S(=O)(=O)N2CCCC2c2cccs2)c([N+](=O)[O-])c1. The lowest BCUT2D eigenvalue weighted by atomic mass is 10.2. The highest BCUT2D eigenvalue weighted by Gasteiger charge is 2.40. The molecule has 1 aliphatic rings. The van der Waals surface area contributed by atoms with Crippen molar-refractivity contribution >= 4 is 27.0 Å². The van der Waals surface area contributed by atoms with Crippen molar-refractivity contribution in [3.05, 3.63) is 50.7 Å². The van der Waals surface area contributed by atoms with Gasteiger partial charge in [0.15, 0.2) is 4.90 Å². The van der Waals surface area contributed by atoms with Gasteiger partial charge in [0, 0.05) is 11.4 Å². The Morgan fingerprint density at radius 1 is 1.38 bits per heavy atom. The third-order valence-electron chi connectivity index (χ3n) is 4.02. The molecule has 24 heavy (non-hydrogen) atoms. The fourth-order valence-electron chi connectivity index (χ4n) is 2.90. The molecule has 3 rings (SSSR count). The number of thiophene rings is 1. The van der Waals surface area contributed by atoms with Crippen LogP contribution in [-0.2, 0) is 10.0 Å². The molecule has 128 valence electrons. The quantitative estimate of drug-likeness (QED) is 0.597. The Bertz CT molecular complexity index is 849. The van der Waals surface area contributed by atoms with Gasteiger partial charge < -0.3 is 4.74 Å². The Balaban J connectivity index is 2.06. The van der Waals surface area contributed by atoms with Crippen molar-refractivity contribution in [1.29, 1.82) is 0 Å². The van der Waals surface area contributed by atoms with Gasteiger partial charge in [-0.25, -0.2) is 8.42 Å². The van der Waals surface area contributed by atoms with E-state index < -0.39 is 20.6 Å². The first kappa shape index (κ1) is 16.9. The van der Waals surface area contributed by atoms with Gasteiger partial charge in [0.1, 0.15) is 5.75 Å². The van der Waals surface area contributed by atoms with Crippen LogP contribution in [0.2, 0.25) is 0 Å². The first-order valence-corrected chi connectivity index (χ1v) is 9.65. The molecule has 2 aromatic rings. The van der Waals surface area contributed by atoms with Crippen LogP contribution in [0, 0.1) is 10.1 Å². The lowest BCUT2D eigenvalue weighted by Gasteiger charge is -2.23. The van der Waals surface area contributed by atoms with E-state index in [1.165, 1.54) is 34.9 Å². The third-order valence-corrected chi connectivity index (χ3v) is 6.95. The summed E-state index contributed by atoms with van der Waals surface area (Å²) in [6.45, 7) is 0.355. The monoisotopic (exact) mass is 368 g/mol. The minimum atomic E-state index is -3.97. The molecule has 1 fully saturated rings. The van der Waals surface area contributed by atoms with Gasteiger partial charge in [0.25, 0.3) is 15.7 Å². The number of hydrogen-bond acceptors (Lipinski definition) is 6. The largest absolute Gasteiger partial charge is 0.497 e. The summed E-state index contributed by atoms with van der Waals surface area (Å²) in [6, 6.07) is 7.32. The normalized spacial score (nSPS) is 18.6. The molecule has 1 aliphatic heterocycles. The summed E-state index contributed by atoms with van der Waals surface area (Å²) in [7, 11) is -2.60. The molecule has 9 heteroatoms. The molecule has 2 heterocycles. The highest BCUT2D eigenvalue weighted by atomic mass is 32.2. The fraction of sp³-hybridized carbons (Fsp3) is 0.333. The van der Waals surface area contributed by atoms with Gasteiger partial charge in [0.05, 0.1) is 24.1 Å². The van der Waals surface area contributed by atoms with Gasteiger partial charge in [-0.15, -0.1) is 11.3 Å². The summed E-state index contributed by atoms with van der Waals surface area (Å²) in [5.74, 6) is 0.247. The van der Waals surface area contributed by atoms with Crippen molar-refractivity contribution < 1.29 is 18.1 Å². The first-order valence-electron chi connectivity index (χ1n) is 7.33. The van der Waals surface area contributed by atoms with Gasteiger partial charge in [-0.2, -0.15) is 4.31 Å². The molecular formula is C15H16N2O5S2. The van der Waals surface area contributed by atoms with Gasteiger partial charge >= 0.3 is 0 Å². The summed E-state index contributed by atoms with van der Waals surface area (Å²) in [6.07, 6.45) is 1.44. The predicted molar refractivity (Wildman–Crippen MR) is 89.8 cm³/mol. The van der Waals surface area contributed by atoms with E-state index in [9.17, 15) is 18.5 Å². The first-order chi connectivity index (χ1) is 11.4. The molecule has 1 atom stereocenters. The molecule has 1 aromatic heterocycles. The molecule has 7 nitrogen and oxygen atoms in total. The van der Waals surface area contributed by atoms with Crippen LogP contribution in [0.4, 0.5) is 5.69 Å². The number of methoxy groups -OCH3 is 1. The second kappa shape index (κ2) is 6.50. The zero-order valence-electron chi connectivity index (χ0n) is 12.9. The lowest BCUT2D eigenvalue weighted by molar-refractivity contribution is -0.387. The summed E-state index contributed by atoms with van der Waals surface area (Å²) in [4.78, 5) is 11.3. The number of hydrogen-bond donors (Lipinski definition) is 0. The van der Waals surface area contributed by atoms with E-state index >= 15 is 0 Å². The van der Waals surface area contributed by atoms with Gasteiger partial charge in [-0.05, 0) is 36.4 Å². The molecule has 0 radical (unpaired) electrons. The highest BCUT2D eigenvalue weighted by molar-refractivity contribution is 7.89. The molecule has 0 spiro atoms. The molecule has 0 aliphatic carbocycles. The van der Waals surface area contributed by atoms with E-state index in [-0.39, 0.29) is 16.7 Å². The summed E-state index contributed by atoms with van der Waals surface area (Å²) in [5, 5.41) is 13.2. The van der Waals surface area contributed by atoms with Crippen molar-refractivity contribution in [3.63, 3.8) is 0 Å². The molecule has 0 bridgehead atoms. The van der Waals surface area contributed by atoms with Crippen LogP contribution in [-0.4, -0.2) is 31.3 Å². The van der Waals surface area contributed by atoms with Gasteiger partial charge in [-0.3, -0.25) is 10.1 Å². The second-order valence-corrected chi connectivity index (χ2v) is 8.22. The molecule has 0 saturated carbocycles. The van der Waals surface area contributed by atoms with Crippen LogP contribution in [0.5, 0.6) is 5.75 Å². The Morgan fingerprint density at radius 2 is 2.17 bits per heavy atom. The third kappa shape index (κ3) is 2.90. The average Bonchev–Trinajstić information content (AvgIpc) is 3.24. The van der Waals surface area contributed by atoms with Crippen LogP contribution in [0.15, 0.2) is 40.6 Å². The van der Waals surface area contributed by atoms with Crippen LogP contribution >= 0.6 is 11.3 Å². The van der Waals surface area contributed by atoms with Crippen molar-refractivity contribution in [2.24, 2.45) is 0 Å². The van der Waals surface area contributed by atoms with E-state index in [1.54, 1.807) is 0 Å². The maximum Gasteiger partial charge on any atom is 0.293 e. The van der Waals surface area contributed by atoms with Crippen molar-refractivity contribution in [1.82, 2.24) is 4.31 Å². The zero-order chi connectivity index (χ0) is 17.3. The van der Waals surface area contributed by atoms with Crippen molar-refractivity contribution in [2.45, 2.75) is 23.8 Å². The minimum absolute atomic E-state index is 0.247. The molecule has 1 aromatic carbocycles.